The molecule has 0 saturated carbocycles. The third-order valence-corrected chi connectivity index (χ3v) is 5.23. The molecule has 2 aromatic rings. The Hall–Kier alpha value is -2.84. The fraction of sp³-hybridized carbons (Fsp3) is 0.150. The van der Waals surface area contributed by atoms with Crippen LogP contribution >= 0.6 is 24.0 Å². The van der Waals surface area contributed by atoms with Gasteiger partial charge in [-0.05, 0) is 48.9 Å². The first-order valence-electron chi connectivity index (χ1n) is 8.36. The lowest BCUT2D eigenvalue weighted by molar-refractivity contribution is -0.113. The van der Waals surface area contributed by atoms with Crippen LogP contribution in [0.4, 0.5) is 5.69 Å². The molecular formula is C20H17NO5S2. The predicted octanol–water partition coefficient (Wildman–Crippen LogP) is 4.20. The van der Waals surface area contributed by atoms with Crippen molar-refractivity contribution in [3.63, 3.8) is 0 Å². The van der Waals surface area contributed by atoms with E-state index in [1.165, 1.54) is 17.0 Å². The van der Waals surface area contributed by atoms with Gasteiger partial charge in [-0.2, -0.15) is 0 Å². The van der Waals surface area contributed by atoms with Crippen LogP contribution in [0.25, 0.3) is 6.08 Å². The Balaban J connectivity index is 1.91. The van der Waals surface area contributed by atoms with Gasteiger partial charge in [-0.3, -0.25) is 9.69 Å². The summed E-state index contributed by atoms with van der Waals surface area (Å²) in [5.74, 6) is -0.171. The molecule has 2 aromatic carbocycles. The van der Waals surface area contributed by atoms with E-state index in [2.05, 4.69) is 0 Å². The number of ether oxygens (including phenoxy) is 2. The molecule has 0 spiro atoms. The summed E-state index contributed by atoms with van der Waals surface area (Å²) < 4.78 is 11.2. The average molecular weight is 415 g/mol. The predicted molar refractivity (Wildman–Crippen MR) is 113 cm³/mol. The lowest BCUT2D eigenvalue weighted by Crippen LogP contribution is -2.27. The van der Waals surface area contributed by atoms with Crippen molar-refractivity contribution in [2.75, 3.05) is 18.6 Å². The number of benzene rings is 2. The van der Waals surface area contributed by atoms with Crippen LogP contribution in [0.5, 0.6) is 11.5 Å². The molecular weight excluding hydrogens is 398 g/mol. The van der Waals surface area contributed by atoms with Gasteiger partial charge in [0.15, 0.2) is 15.8 Å². The molecule has 1 saturated heterocycles. The Bertz CT molecular complexity index is 986. The largest absolute Gasteiger partial charge is 0.493 e. The zero-order chi connectivity index (χ0) is 20.3. The molecule has 28 heavy (non-hydrogen) atoms. The van der Waals surface area contributed by atoms with Crippen molar-refractivity contribution in [3.8, 4) is 11.5 Å². The number of hydrogen-bond acceptors (Lipinski definition) is 6. The van der Waals surface area contributed by atoms with Crippen molar-refractivity contribution in [2.24, 2.45) is 0 Å². The zero-order valence-electron chi connectivity index (χ0n) is 15.2. The Morgan fingerprint density at radius 3 is 2.71 bits per heavy atom. The molecule has 0 atom stereocenters. The molecule has 1 aliphatic rings. The number of methoxy groups -OCH3 is 1. The van der Waals surface area contributed by atoms with Crippen LogP contribution < -0.4 is 14.4 Å². The second kappa shape index (κ2) is 8.45. The van der Waals surface area contributed by atoms with E-state index in [4.69, 9.17) is 26.8 Å². The Morgan fingerprint density at radius 1 is 1.25 bits per heavy atom. The highest BCUT2D eigenvalue weighted by atomic mass is 32.2. The van der Waals surface area contributed by atoms with Gasteiger partial charge in [-0.15, -0.1) is 0 Å². The summed E-state index contributed by atoms with van der Waals surface area (Å²) in [6.45, 7) is 2.40. The molecule has 0 radical (unpaired) electrons. The van der Waals surface area contributed by atoms with E-state index in [0.29, 0.717) is 33.0 Å². The number of carbonyl (C=O) groups is 2. The van der Waals surface area contributed by atoms with Gasteiger partial charge >= 0.3 is 5.97 Å². The third kappa shape index (κ3) is 4.02. The van der Waals surface area contributed by atoms with Crippen molar-refractivity contribution in [3.05, 3.63) is 58.5 Å². The number of amides is 1. The third-order valence-electron chi connectivity index (χ3n) is 3.93. The van der Waals surface area contributed by atoms with Crippen molar-refractivity contribution in [2.45, 2.75) is 6.92 Å². The average Bonchev–Trinajstić information content (AvgIpc) is 2.96. The number of hydrogen-bond donors (Lipinski definition) is 1. The van der Waals surface area contributed by atoms with Crippen LogP contribution in [0.2, 0.25) is 0 Å². The second-order valence-electron chi connectivity index (χ2n) is 5.72. The van der Waals surface area contributed by atoms with Crippen LogP contribution in [0.15, 0.2) is 47.4 Å². The molecule has 3 rings (SSSR count). The zero-order valence-corrected chi connectivity index (χ0v) is 16.8. The highest BCUT2D eigenvalue weighted by Crippen LogP contribution is 2.37. The minimum absolute atomic E-state index is 0.0896. The van der Waals surface area contributed by atoms with Crippen LogP contribution in [0, 0.1) is 0 Å². The molecule has 0 bridgehead atoms. The summed E-state index contributed by atoms with van der Waals surface area (Å²) >= 11 is 6.50. The summed E-state index contributed by atoms with van der Waals surface area (Å²) in [7, 11) is 1.55. The van der Waals surface area contributed by atoms with Gasteiger partial charge in [-0.1, -0.05) is 36.1 Å². The number of carbonyl (C=O) groups excluding carboxylic acids is 1. The van der Waals surface area contributed by atoms with Crippen LogP contribution in [-0.4, -0.2) is 35.0 Å². The summed E-state index contributed by atoms with van der Waals surface area (Å²) in [5, 5.41) is 9.17. The number of aromatic carboxylic acids is 1. The summed E-state index contributed by atoms with van der Waals surface area (Å²) in [4.78, 5) is 25.8. The quantitative estimate of drug-likeness (QED) is 0.560. The normalized spacial score (nSPS) is 15.2. The maximum absolute atomic E-state index is 12.9. The molecule has 0 aliphatic carbocycles. The fourth-order valence-corrected chi connectivity index (χ4v) is 3.97. The summed E-state index contributed by atoms with van der Waals surface area (Å²) in [5.41, 5.74) is 1.28. The van der Waals surface area contributed by atoms with E-state index in [1.54, 1.807) is 37.5 Å². The van der Waals surface area contributed by atoms with Crippen molar-refractivity contribution in [1.82, 2.24) is 0 Å². The van der Waals surface area contributed by atoms with Gasteiger partial charge in [0, 0.05) is 0 Å². The first-order chi connectivity index (χ1) is 13.4. The van der Waals surface area contributed by atoms with Gasteiger partial charge in [0.05, 0.1) is 29.9 Å². The highest BCUT2D eigenvalue weighted by Gasteiger charge is 2.33. The Labute approximate surface area is 171 Å². The number of nitrogens with zero attached hydrogens (tertiary/aromatic N) is 1. The molecule has 6 nitrogen and oxygen atoms in total. The maximum Gasteiger partial charge on any atom is 0.335 e. The number of anilines is 1. The maximum atomic E-state index is 12.9. The molecule has 0 aromatic heterocycles. The topological polar surface area (TPSA) is 76.1 Å². The smallest absolute Gasteiger partial charge is 0.335 e. The van der Waals surface area contributed by atoms with E-state index >= 15 is 0 Å². The molecule has 144 valence electrons. The van der Waals surface area contributed by atoms with Crippen molar-refractivity contribution >= 4 is 51.9 Å². The van der Waals surface area contributed by atoms with Gasteiger partial charge in [0.2, 0.25) is 0 Å². The lowest BCUT2D eigenvalue weighted by atomic mass is 10.1. The monoisotopic (exact) mass is 415 g/mol. The van der Waals surface area contributed by atoms with Gasteiger partial charge in [0.25, 0.3) is 5.91 Å². The lowest BCUT2D eigenvalue weighted by Gasteiger charge is -2.14. The standard InChI is InChI=1S/C20H17NO5S2/c1-3-26-15-8-7-12(9-16(15)25-2)10-17-18(22)21(20(27)28-17)14-6-4-5-13(11-14)19(23)24/h4-11H,3H2,1-2H3,(H,23,24)/b17-10+. The Morgan fingerprint density at radius 2 is 2.04 bits per heavy atom. The molecule has 1 amide bonds. The SMILES string of the molecule is CCOc1ccc(/C=C2/SC(=S)N(c3cccc(C(=O)O)c3)C2=O)cc1OC. The number of thiocarbonyl (C=S) groups is 1. The molecule has 8 heteroatoms. The molecule has 1 fully saturated rings. The molecule has 1 heterocycles. The van der Waals surface area contributed by atoms with E-state index in [9.17, 15) is 9.59 Å². The molecule has 1 aliphatic heterocycles. The number of carboxylic acids is 1. The number of thioether (sulfide) groups is 1. The van der Waals surface area contributed by atoms with E-state index in [-0.39, 0.29) is 11.5 Å². The van der Waals surface area contributed by atoms with Gasteiger partial charge < -0.3 is 14.6 Å². The fourth-order valence-electron chi connectivity index (χ4n) is 2.67. The minimum Gasteiger partial charge on any atom is -0.493 e. The van der Waals surface area contributed by atoms with Crippen molar-refractivity contribution in [1.29, 1.82) is 0 Å². The summed E-state index contributed by atoms with van der Waals surface area (Å²) in [6.07, 6.45) is 1.72. The minimum atomic E-state index is -1.07. The first kappa shape index (κ1) is 19.9. The van der Waals surface area contributed by atoms with Crippen molar-refractivity contribution < 1.29 is 24.2 Å². The first-order valence-corrected chi connectivity index (χ1v) is 9.59. The molecule has 1 N–H and O–H groups in total. The molecule has 0 unspecified atom stereocenters. The number of rotatable bonds is 6. The van der Waals surface area contributed by atoms with E-state index in [1.807, 2.05) is 13.0 Å². The van der Waals surface area contributed by atoms with E-state index < -0.39 is 5.97 Å². The van der Waals surface area contributed by atoms with Crippen LogP contribution in [-0.2, 0) is 4.79 Å². The Kier molecular flexibility index (Phi) is 6.01. The summed E-state index contributed by atoms with van der Waals surface area (Å²) in [6, 6.07) is 11.5. The number of carboxylic acid groups (broad SMARTS) is 1. The second-order valence-corrected chi connectivity index (χ2v) is 7.39. The van der Waals surface area contributed by atoms with Crippen LogP contribution in [0.3, 0.4) is 0 Å². The van der Waals surface area contributed by atoms with Gasteiger partial charge in [0.1, 0.15) is 0 Å². The highest BCUT2D eigenvalue weighted by molar-refractivity contribution is 8.27. The van der Waals surface area contributed by atoms with Gasteiger partial charge in [-0.25, -0.2) is 4.79 Å². The van der Waals surface area contributed by atoms with E-state index in [0.717, 1.165) is 17.3 Å². The van der Waals surface area contributed by atoms with Crippen LogP contribution in [0.1, 0.15) is 22.8 Å².